The summed E-state index contributed by atoms with van der Waals surface area (Å²) in [6.45, 7) is 0.959. The summed E-state index contributed by atoms with van der Waals surface area (Å²) in [7, 11) is 0. The zero-order chi connectivity index (χ0) is 10.5. The Labute approximate surface area is 90.5 Å². The molecule has 1 fully saturated rings. The van der Waals surface area contributed by atoms with Crippen LogP contribution in [0.3, 0.4) is 0 Å². The van der Waals surface area contributed by atoms with Crippen LogP contribution in [-0.4, -0.2) is 22.7 Å². The second-order valence-electron chi connectivity index (χ2n) is 4.30. The van der Waals surface area contributed by atoms with E-state index in [9.17, 15) is 5.11 Å². The number of aliphatic hydroxyl groups is 1. The van der Waals surface area contributed by atoms with E-state index in [2.05, 4.69) is 10.3 Å². The van der Waals surface area contributed by atoms with Crippen molar-refractivity contribution in [3.63, 3.8) is 0 Å². The number of rotatable bonds is 3. The van der Waals surface area contributed by atoms with Crippen molar-refractivity contribution >= 4 is 5.69 Å². The van der Waals surface area contributed by atoms with Crippen LogP contribution in [0.1, 0.15) is 25.7 Å². The van der Waals surface area contributed by atoms with Crippen molar-refractivity contribution in [2.24, 2.45) is 5.92 Å². The summed E-state index contributed by atoms with van der Waals surface area (Å²) in [6, 6.07) is 3.94. The third kappa shape index (κ3) is 3.20. The van der Waals surface area contributed by atoms with Crippen molar-refractivity contribution < 1.29 is 5.11 Å². The Morgan fingerprint density at radius 2 is 2.13 bits per heavy atom. The van der Waals surface area contributed by atoms with Crippen LogP contribution in [0.4, 0.5) is 5.69 Å². The van der Waals surface area contributed by atoms with Gasteiger partial charge in [0, 0.05) is 24.6 Å². The minimum atomic E-state index is -0.0806. The van der Waals surface area contributed by atoms with E-state index in [4.69, 9.17) is 0 Å². The highest BCUT2D eigenvalue weighted by Crippen LogP contribution is 2.24. The zero-order valence-electron chi connectivity index (χ0n) is 8.89. The number of nitrogens with zero attached hydrogens (tertiary/aromatic N) is 1. The maximum atomic E-state index is 9.54. The van der Waals surface area contributed by atoms with Gasteiger partial charge >= 0.3 is 0 Å². The molecule has 0 saturated heterocycles. The maximum absolute atomic E-state index is 9.54. The molecule has 0 amide bonds. The van der Waals surface area contributed by atoms with Crippen molar-refractivity contribution in [2.75, 3.05) is 11.9 Å². The van der Waals surface area contributed by atoms with Crippen molar-refractivity contribution in [1.82, 2.24) is 4.98 Å². The summed E-state index contributed by atoms with van der Waals surface area (Å²) in [5, 5.41) is 12.9. The van der Waals surface area contributed by atoms with Gasteiger partial charge in [-0.3, -0.25) is 4.98 Å². The summed E-state index contributed by atoms with van der Waals surface area (Å²) in [5.41, 5.74) is 1.12. The molecule has 15 heavy (non-hydrogen) atoms. The van der Waals surface area contributed by atoms with E-state index >= 15 is 0 Å². The van der Waals surface area contributed by atoms with Crippen LogP contribution in [0.5, 0.6) is 0 Å². The molecule has 2 atom stereocenters. The summed E-state index contributed by atoms with van der Waals surface area (Å²) in [5.74, 6) is 0.613. The molecule has 82 valence electrons. The Morgan fingerprint density at radius 3 is 2.87 bits per heavy atom. The largest absolute Gasteiger partial charge is 0.393 e. The second-order valence-corrected chi connectivity index (χ2v) is 4.30. The highest BCUT2D eigenvalue weighted by Gasteiger charge is 2.19. The molecule has 0 aromatic carbocycles. The molecule has 1 aromatic rings. The Balaban J connectivity index is 1.78. The highest BCUT2D eigenvalue weighted by atomic mass is 16.3. The van der Waals surface area contributed by atoms with Crippen molar-refractivity contribution in [1.29, 1.82) is 0 Å². The lowest BCUT2D eigenvalue weighted by atomic mass is 9.87. The number of aliphatic hydroxyl groups excluding tert-OH is 1. The Kier molecular flexibility index (Phi) is 3.56. The molecule has 0 radical (unpaired) electrons. The minimum Gasteiger partial charge on any atom is -0.393 e. The molecule has 2 rings (SSSR count). The monoisotopic (exact) mass is 206 g/mol. The lowest BCUT2D eigenvalue weighted by molar-refractivity contribution is 0.105. The molecule has 1 aliphatic rings. The first-order chi connectivity index (χ1) is 7.34. The van der Waals surface area contributed by atoms with E-state index in [0.717, 1.165) is 31.5 Å². The molecule has 0 aliphatic heterocycles. The first-order valence-electron chi connectivity index (χ1n) is 5.66. The molecule has 2 N–H and O–H groups in total. The van der Waals surface area contributed by atoms with Gasteiger partial charge in [-0.05, 0) is 37.3 Å². The van der Waals surface area contributed by atoms with Crippen LogP contribution in [0.25, 0.3) is 0 Å². The zero-order valence-corrected chi connectivity index (χ0v) is 8.89. The predicted octanol–water partition coefficient (Wildman–Crippen LogP) is 2.04. The standard InChI is InChI=1S/C12H18N2O/c15-12-3-1-2-10(8-12)9-14-11-4-6-13-7-5-11/h4-7,10,12,15H,1-3,8-9H2,(H,13,14). The number of anilines is 1. The molecular weight excluding hydrogens is 188 g/mol. The number of hydrogen-bond acceptors (Lipinski definition) is 3. The molecule has 3 nitrogen and oxygen atoms in total. The second kappa shape index (κ2) is 5.12. The van der Waals surface area contributed by atoms with Crippen LogP contribution in [0.2, 0.25) is 0 Å². The molecule has 0 spiro atoms. The van der Waals surface area contributed by atoms with Crippen molar-refractivity contribution in [2.45, 2.75) is 31.8 Å². The quantitative estimate of drug-likeness (QED) is 0.795. The average Bonchev–Trinajstić information content (AvgIpc) is 2.28. The third-order valence-electron chi connectivity index (χ3n) is 3.03. The molecule has 2 unspecified atom stereocenters. The SMILES string of the molecule is OC1CCCC(CNc2ccncc2)C1. The average molecular weight is 206 g/mol. The van der Waals surface area contributed by atoms with E-state index in [1.165, 1.54) is 6.42 Å². The Bertz CT molecular complexity index is 289. The van der Waals surface area contributed by atoms with Crippen LogP contribution >= 0.6 is 0 Å². The van der Waals surface area contributed by atoms with Gasteiger partial charge in [0.15, 0.2) is 0 Å². The first kappa shape index (κ1) is 10.4. The van der Waals surface area contributed by atoms with Crippen LogP contribution in [0.15, 0.2) is 24.5 Å². The molecule has 1 saturated carbocycles. The van der Waals surface area contributed by atoms with Gasteiger partial charge < -0.3 is 10.4 Å². The third-order valence-corrected chi connectivity index (χ3v) is 3.03. The smallest absolute Gasteiger partial charge is 0.0543 e. The fraction of sp³-hybridized carbons (Fsp3) is 0.583. The maximum Gasteiger partial charge on any atom is 0.0543 e. The summed E-state index contributed by atoms with van der Waals surface area (Å²) < 4.78 is 0. The molecular formula is C12H18N2O. The van der Waals surface area contributed by atoms with Crippen molar-refractivity contribution in [3.8, 4) is 0 Å². The topological polar surface area (TPSA) is 45.1 Å². The predicted molar refractivity (Wildman–Crippen MR) is 60.7 cm³/mol. The van der Waals surface area contributed by atoms with Gasteiger partial charge in [0.2, 0.25) is 0 Å². The number of nitrogens with one attached hydrogen (secondary N) is 1. The van der Waals surface area contributed by atoms with Gasteiger partial charge in [0.1, 0.15) is 0 Å². The summed E-state index contributed by atoms with van der Waals surface area (Å²) >= 11 is 0. The Morgan fingerprint density at radius 1 is 1.33 bits per heavy atom. The fourth-order valence-electron chi connectivity index (χ4n) is 2.18. The van der Waals surface area contributed by atoms with Crippen molar-refractivity contribution in [3.05, 3.63) is 24.5 Å². The van der Waals surface area contributed by atoms with Gasteiger partial charge in [0.05, 0.1) is 6.10 Å². The van der Waals surface area contributed by atoms with E-state index in [1.54, 1.807) is 12.4 Å². The number of hydrogen-bond donors (Lipinski definition) is 2. The molecule has 3 heteroatoms. The molecule has 0 bridgehead atoms. The van der Waals surface area contributed by atoms with Crippen LogP contribution in [-0.2, 0) is 0 Å². The van der Waals surface area contributed by atoms with Gasteiger partial charge in [-0.25, -0.2) is 0 Å². The molecule has 1 heterocycles. The summed E-state index contributed by atoms with van der Waals surface area (Å²) in [6.07, 6.45) is 7.81. The van der Waals surface area contributed by atoms with E-state index in [-0.39, 0.29) is 6.10 Å². The van der Waals surface area contributed by atoms with Gasteiger partial charge in [-0.15, -0.1) is 0 Å². The fourth-order valence-corrected chi connectivity index (χ4v) is 2.18. The van der Waals surface area contributed by atoms with E-state index < -0.39 is 0 Å². The minimum absolute atomic E-state index is 0.0806. The normalized spacial score (nSPS) is 26.2. The van der Waals surface area contributed by atoms with Gasteiger partial charge in [-0.2, -0.15) is 0 Å². The Hall–Kier alpha value is -1.09. The lowest BCUT2D eigenvalue weighted by Gasteiger charge is -2.26. The lowest BCUT2D eigenvalue weighted by Crippen LogP contribution is -2.24. The van der Waals surface area contributed by atoms with Gasteiger partial charge in [-0.1, -0.05) is 6.42 Å². The number of aromatic nitrogens is 1. The van der Waals surface area contributed by atoms with Crippen LogP contribution < -0.4 is 5.32 Å². The van der Waals surface area contributed by atoms with Gasteiger partial charge in [0.25, 0.3) is 0 Å². The number of pyridine rings is 1. The first-order valence-corrected chi connectivity index (χ1v) is 5.66. The highest BCUT2D eigenvalue weighted by molar-refractivity contribution is 5.40. The van der Waals surface area contributed by atoms with E-state index in [0.29, 0.717) is 5.92 Å². The molecule has 1 aromatic heterocycles. The van der Waals surface area contributed by atoms with Crippen LogP contribution in [0, 0.1) is 5.92 Å². The van der Waals surface area contributed by atoms with E-state index in [1.807, 2.05) is 12.1 Å². The molecule has 1 aliphatic carbocycles. The summed E-state index contributed by atoms with van der Waals surface area (Å²) in [4.78, 5) is 3.97.